The standard InChI is InChI=1S/C7H14.H4Si/c1-3-7(4-2)5-6-7;/h3-6H2,1-2H3;1H4. The molecule has 0 radical (unpaired) electrons. The van der Waals surface area contributed by atoms with Crippen molar-refractivity contribution in [3.05, 3.63) is 0 Å². The van der Waals surface area contributed by atoms with E-state index in [4.69, 9.17) is 0 Å². The molecule has 0 unspecified atom stereocenters. The molecule has 0 aromatic heterocycles. The maximum Gasteiger partial charge on any atom is -0.0149 e. The molecule has 1 heteroatoms. The van der Waals surface area contributed by atoms with Gasteiger partial charge in [-0.3, -0.25) is 0 Å². The Morgan fingerprint density at radius 3 is 1.50 bits per heavy atom. The van der Waals surface area contributed by atoms with Crippen molar-refractivity contribution in [3.8, 4) is 0 Å². The Balaban J connectivity index is 0.000000490. The minimum absolute atomic E-state index is 0. The Kier molecular flexibility index (Phi) is 2.74. The second-order valence-electron chi connectivity index (χ2n) is 2.71. The third-order valence-corrected chi connectivity index (χ3v) is 2.46. The molecule has 0 atom stereocenters. The van der Waals surface area contributed by atoms with Gasteiger partial charge in [-0.05, 0) is 29.2 Å². The van der Waals surface area contributed by atoms with Gasteiger partial charge >= 0.3 is 0 Å². The summed E-state index contributed by atoms with van der Waals surface area (Å²) in [6.07, 6.45) is 5.81. The van der Waals surface area contributed by atoms with Crippen LogP contribution in [0.3, 0.4) is 0 Å². The van der Waals surface area contributed by atoms with Gasteiger partial charge in [0, 0.05) is 0 Å². The zero-order valence-corrected chi connectivity index (χ0v) is 5.33. The van der Waals surface area contributed by atoms with Crippen LogP contribution in [-0.2, 0) is 0 Å². The van der Waals surface area contributed by atoms with Crippen molar-refractivity contribution in [2.45, 2.75) is 39.5 Å². The largest absolute Gasteiger partial charge is 0.0649 e. The van der Waals surface area contributed by atoms with Crippen LogP contribution in [0, 0.1) is 5.41 Å². The second-order valence-corrected chi connectivity index (χ2v) is 2.71. The SMILES string of the molecule is CCC1(CC)CC1.[SiH4]. The van der Waals surface area contributed by atoms with Crippen LogP contribution in [0.4, 0.5) is 0 Å². The molecule has 0 nitrogen and oxygen atoms in total. The maximum atomic E-state index is 2.30. The molecule has 0 heterocycles. The topological polar surface area (TPSA) is 0 Å². The summed E-state index contributed by atoms with van der Waals surface area (Å²) in [4.78, 5) is 0. The third kappa shape index (κ3) is 1.34. The molecule has 0 aromatic carbocycles. The summed E-state index contributed by atoms with van der Waals surface area (Å²) in [5.41, 5.74) is 0.833. The first-order valence-corrected chi connectivity index (χ1v) is 3.33. The molecule has 0 bridgehead atoms. The molecule has 0 aliphatic heterocycles. The predicted molar refractivity (Wildman–Crippen MR) is 43.6 cm³/mol. The minimum atomic E-state index is 0. The van der Waals surface area contributed by atoms with Crippen LogP contribution >= 0.6 is 0 Å². The van der Waals surface area contributed by atoms with Crippen LogP contribution in [0.25, 0.3) is 0 Å². The molecule has 50 valence electrons. The van der Waals surface area contributed by atoms with Crippen molar-refractivity contribution in [1.29, 1.82) is 0 Å². The third-order valence-electron chi connectivity index (χ3n) is 2.46. The summed E-state index contributed by atoms with van der Waals surface area (Å²) >= 11 is 0. The lowest BCUT2D eigenvalue weighted by atomic mass is 10.0. The molecule has 0 spiro atoms. The van der Waals surface area contributed by atoms with Gasteiger partial charge in [-0.2, -0.15) is 0 Å². The number of rotatable bonds is 2. The fourth-order valence-corrected chi connectivity index (χ4v) is 1.13. The van der Waals surface area contributed by atoms with Gasteiger partial charge in [-0.1, -0.05) is 26.7 Å². The molecule has 0 saturated heterocycles. The summed E-state index contributed by atoms with van der Waals surface area (Å²) in [5.74, 6) is 0. The van der Waals surface area contributed by atoms with Gasteiger partial charge in [0.15, 0.2) is 0 Å². The van der Waals surface area contributed by atoms with Gasteiger partial charge in [0.05, 0.1) is 0 Å². The molecular weight excluding hydrogens is 112 g/mol. The first kappa shape index (κ1) is 8.22. The van der Waals surface area contributed by atoms with E-state index in [1.807, 2.05) is 0 Å². The van der Waals surface area contributed by atoms with Crippen LogP contribution in [0.2, 0.25) is 0 Å². The summed E-state index contributed by atoms with van der Waals surface area (Å²) in [5, 5.41) is 0. The van der Waals surface area contributed by atoms with E-state index in [-0.39, 0.29) is 11.0 Å². The Hall–Kier alpha value is 0.217. The van der Waals surface area contributed by atoms with Crippen LogP contribution in [-0.4, -0.2) is 11.0 Å². The molecule has 0 aromatic rings. The summed E-state index contributed by atoms with van der Waals surface area (Å²) in [6.45, 7) is 4.60. The zero-order chi connectivity index (χ0) is 5.33. The molecule has 0 amide bonds. The molecular formula is C7H18Si. The van der Waals surface area contributed by atoms with Crippen molar-refractivity contribution in [2.24, 2.45) is 5.41 Å². The van der Waals surface area contributed by atoms with Gasteiger partial charge in [-0.25, -0.2) is 0 Å². The fourth-order valence-electron chi connectivity index (χ4n) is 1.13. The molecule has 1 aliphatic rings. The van der Waals surface area contributed by atoms with Crippen LogP contribution in [0.1, 0.15) is 39.5 Å². The highest BCUT2D eigenvalue weighted by molar-refractivity contribution is 5.75. The van der Waals surface area contributed by atoms with E-state index in [2.05, 4.69) is 13.8 Å². The van der Waals surface area contributed by atoms with Gasteiger partial charge in [0.2, 0.25) is 0 Å². The monoisotopic (exact) mass is 130 g/mol. The van der Waals surface area contributed by atoms with E-state index < -0.39 is 0 Å². The van der Waals surface area contributed by atoms with E-state index >= 15 is 0 Å². The predicted octanol–water partition coefficient (Wildman–Crippen LogP) is 1.13. The highest BCUT2D eigenvalue weighted by Crippen LogP contribution is 2.51. The van der Waals surface area contributed by atoms with Crippen LogP contribution in [0.5, 0.6) is 0 Å². The average Bonchev–Trinajstić information content (AvgIpc) is 2.46. The maximum absolute atomic E-state index is 2.30. The molecule has 1 saturated carbocycles. The molecule has 1 aliphatic carbocycles. The number of hydrogen-bond acceptors (Lipinski definition) is 0. The molecule has 8 heavy (non-hydrogen) atoms. The van der Waals surface area contributed by atoms with Crippen molar-refractivity contribution < 1.29 is 0 Å². The van der Waals surface area contributed by atoms with Gasteiger partial charge < -0.3 is 0 Å². The van der Waals surface area contributed by atoms with Crippen molar-refractivity contribution >= 4 is 11.0 Å². The Morgan fingerprint density at radius 2 is 1.50 bits per heavy atom. The highest BCUT2D eigenvalue weighted by Gasteiger charge is 2.37. The van der Waals surface area contributed by atoms with Gasteiger partial charge in [-0.15, -0.1) is 0 Å². The normalized spacial score (nSPS) is 21.8. The van der Waals surface area contributed by atoms with Crippen molar-refractivity contribution in [2.75, 3.05) is 0 Å². The Bertz CT molecular complexity index is 58.8. The lowest BCUT2D eigenvalue weighted by Crippen LogP contribution is -1.92. The van der Waals surface area contributed by atoms with E-state index in [1.54, 1.807) is 0 Å². The van der Waals surface area contributed by atoms with Gasteiger partial charge in [0.1, 0.15) is 0 Å². The Labute approximate surface area is 56.7 Å². The molecule has 1 rings (SSSR count). The zero-order valence-electron chi connectivity index (χ0n) is 5.33. The second kappa shape index (κ2) is 2.67. The van der Waals surface area contributed by atoms with E-state index in [0.29, 0.717) is 0 Å². The molecule has 1 fully saturated rings. The van der Waals surface area contributed by atoms with Crippen LogP contribution < -0.4 is 0 Å². The molecule has 0 N–H and O–H groups in total. The smallest absolute Gasteiger partial charge is 0.0149 e. The Morgan fingerprint density at radius 1 is 1.12 bits per heavy atom. The van der Waals surface area contributed by atoms with Crippen LogP contribution in [0.15, 0.2) is 0 Å². The first-order valence-electron chi connectivity index (χ1n) is 3.33. The highest BCUT2D eigenvalue weighted by atomic mass is 28.1. The minimum Gasteiger partial charge on any atom is -0.0649 e. The summed E-state index contributed by atoms with van der Waals surface area (Å²) in [7, 11) is 0. The fraction of sp³-hybridized carbons (Fsp3) is 1.00. The quantitative estimate of drug-likeness (QED) is 0.492. The van der Waals surface area contributed by atoms with E-state index in [0.717, 1.165) is 5.41 Å². The van der Waals surface area contributed by atoms with Gasteiger partial charge in [0.25, 0.3) is 0 Å². The number of hydrogen-bond donors (Lipinski definition) is 0. The summed E-state index contributed by atoms with van der Waals surface area (Å²) in [6, 6.07) is 0. The van der Waals surface area contributed by atoms with E-state index in [9.17, 15) is 0 Å². The first-order chi connectivity index (χ1) is 3.33. The lowest BCUT2D eigenvalue weighted by Gasteiger charge is -2.04. The summed E-state index contributed by atoms with van der Waals surface area (Å²) < 4.78 is 0. The van der Waals surface area contributed by atoms with Crippen molar-refractivity contribution in [1.82, 2.24) is 0 Å². The average molecular weight is 130 g/mol. The van der Waals surface area contributed by atoms with E-state index in [1.165, 1.54) is 25.7 Å². The van der Waals surface area contributed by atoms with Crippen molar-refractivity contribution in [3.63, 3.8) is 0 Å². The lowest BCUT2D eigenvalue weighted by molar-refractivity contribution is 0.474.